The Bertz CT molecular complexity index is 2320. The van der Waals surface area contributed by atoms with E-state index in [1.54, 1.807) is 0 Å². The second-order valence-corrected chi connectivity index (χ2v) is 18.3. The summed E-state index contributed by atoms with van der Waals surface area (Å²) < 4.78 is 0. The van der Waals surface area contributed by atoms with Crippen LogP contribution in [0, 0.1) is 21.8 Å². The van der Waals surface area contributed by atoms with Crippen molar-refractivity contribution >= 4 is 53.2 Å². The summed E-state index contributed by atoms with van der Waals surface area (Å²) in [6, 6.07) is 47.9. The molecule has 0 aromatic heterocycles. The SMILES string of the molecule is CC(C)c1cc2c(-c3ccc(C(C)(C)C)cc3)cccc2[cH-]1.Cc1cc2c(-c3ccc(C(C)(C)C)cc3)cc(-c3ccc(C(C)(C)C)cc3)cc2[cH-]1.Cl.Cl.[CH3-].[CH3-].[Si]=[Zr]. The first-order valence-electron chi connectivity index (χ1n) is 19.4. The molecule has 0 saturated carbocycles. The molecule has 0 aliphatic carbocycles. The van der Waals surface area contributed by atoms with Gasteiger partial charge in [0.2, 0.25) is 0 Å². The second-order valence-electron chi connectivity index (χ2n) is 18.3. The van der Waals surface area contributed by atoms with Crippen LogP contribution in [0.25, 0.3) is 54.9 Å². The van der Waals surface area contributed by atoms with Gasteiger partial charge in [-0.2, -0.15) is 12.1 Å². The van der Waals surface area contributed by atoms with Crippen LogP contribution in [0.3, 0.4) is 0 Å². The third-order valence-electron chi connectivity index (χ3n) is 10.6. The van der Waals surface area contributed by atoms with E-state index in [2.05, 4.69) is 217 Å². The first-order chi connectivity index (χ1) is 25.4. The van der Waals surface area contributed by atoms with Crippen LogP contribution in [0.1, 0.15) is 110 Å². The van der Waals surface area contributed by atoms with Crippen molar-refractivity contribution in [2.75, 3.05) is 0 Å². The summed E-state index contributed by atoms with van der Waals surface area (Å²) in [7, 11) is 0. The van der Waals surface area contributed by atoms with Crippen LogP contribution in [0.15, 0.2) is 127 Å². The zero-order chi connectivity index (χ0) is 39.6. The molecule has 4 heteroatoms. The minimum absolute atomic E-state index is 0. The first kappa shape index (κ1) is 53.0. The molecule has 0 N–H and O–H groups in total. The third kappa shape index (κ3) is 12.5. The van der Waals surface area contributed by atoms with E-state index in [0.29, 0.717) is 5.92 Å². The fourth-order valence-corrected chi connectivity index (χ4v) is 7.18. The van der Waals surface area contributed by atoms with Crippen molar-refractivity contribution in [1.82, 2.24) is 0 Å². The third-order valence-corrected chi connectivity index (χ3v) is 10.6. The summed E-state index contributed by atoms with van der Waals surface area (Å²) in [5, 5.41) is 5.38. The molecule has 0 amide bonds. The second kappa shape index (κ2) is 21.5. The Balaban J connectivity index is 0.000000540. The monoisotopic (exact) mass is 902 g/mol. The molecule has 0 bridgehead atoms. The van der Waals surface area contributed by atoms with Crippen molar-refractivity contribution in [3.8, 4) is 33.4 Å². The molecule has 0 atom stereocenters. The van der Waals surface area contributed by atoms with Crippen LogP contribution in [-0.4, -0.2) is 6.88 Å². The topological polar surface area (TPSA) is 0 Å². The van der Waals surface area contributed by atoms with E-state index in [-0.39, 0.29) is 55.9 Å². The molecular weight excluding hydrogens is 839 g/mol. The Kier molecular flexibility index (Phi) is 19.7. The zero-order valence-corrected chi connectivity index (χ0v) is 42.6. The van der Waals surface area contributed by atoms with Crippen LogP contribution in [0.4, 0.5) is 0 Å². The van der Waals surface area contributed by atoms with Crippen molar-refractivity contribution in [1.29, 1.82) is 0 Å². The van der Waals surface area contributed by atoms with Crippen molar-refractivity contribution in [3.63, 3.8) is 0 Å². The maximum absolute atomic E-state index is 3.06. The van der Waals surface area contributed by atoms with E-state index in [1.807, 2.05) is 0 Å². The van der Waals surface area contributed by atoms with Crippen LogP contribution >= 0.6 is 24.8 Å². The molecule has 308 valence electrons. The minimum atomic E-state index is 0. The summed E-state index contributed by atoms with van der Waals surface area (Å²) in [6.45, 7) is 30.1. The Labute approximate surface area is 382 Å². The van der Waals surface area contributed by atoms with Gasteiger partial charge in [-0.15, -0.1) is 87.8 Å². The molecule has 7 aromatic rings. The molecule has 0 aliphatic rings. The van der Waals surface area contributed by atoms with Gasteiger partial charge in [-0.3, -0.25) is 0 Å². The molecule has 0 fully saturated rings. The number of rotatable bonds is 4. The van der Waals surface area contributed by atoms with Crippen molar-refractivity contribution < 1.29 is 23.3 Å². The van der Waals surface area contributed by atoms with E-state index in [1.165, 1.54) is 106 Å². The van der Waals surface area contributed by atoms with Gasteiger partial charge in [0.25, 0.3) is 0 Å². The first-order valence-corrected chi connectivity index (χ1v) is 23.6. The Morgan fingerprint density at radius 2 is 0.879 bits per heavy atom. The predicted molar refractivity (Wildman–Crippen MR) is 263 cm³/mol. The van der Waals surface area contributed by atoms with Gasteiger partial charge >= 0.3 is 30.2 Å². The average molecular weight is 905 g/mol. The summed E-state index contributed by atoms with van der Waals surface area (Å²) >= 11 is 1.36. The van der Waals surface area contributed by atoms with Gasteiger partial charge in [0.05, 0.1) is 0 Å². The van der Waals surface area contributed by atoms with E-state index in [4.69, 9.17) is 0 Å². The Morgan fingerprint density at radius 3 is 1.31 bits per heavy atom. The number of hydrogen-bond donors (Lipinski definition) is 0. The van der Waals surface area contributed by atoms with Crippen LogP contribution in [0.2, 0.25) is 0 Å². The number of fused-ring (bicyclic) bond motifs is 2. The van der Waals surface area contributed by atoms with Crippen molar-refractivity contribution in [3.05, 3.63) is 170 Å². The molecule has 0 spiro atoms. The molecular formula is C54H66Cl2SiZr-4. The molecule has 58 heavy (non-hydrogen) atoms. The molecule has 7 rings (SSSR count). The van der Waals surface area contributed by atoms with Gasteiger partial charge in [-0.25, -0.2) is 0 Å². The van der Waals surface area contributed by atoms with E-state index in [0.717, 1.165) is 0 Å². The molecule has 0 aliphatic heterocycles. The van der Waals surface area contributed by atoms with Gasteiger partial charge in [-0.1, -0.05) is 185 Å². The summed E-state index contributed by atoms with van der Waals surface area (Å²) in [4.78, 5) is 0. The van der Waals surface area contributed by atoms with Gasteiger partial charge < -0.3 is 14.9 Å². The quantitative estimate of drug-likeness (QED) is 0.122. The number of aryl methyl sites for hydroxylation is 1. The number of benzene rings is 5. The normalized spacial score (nSPS) is 11.2. The number of halogens is 2. The molecule has 0 unspecified atom stereocenters. The van der Waals surface area contributed by atoms with Crippen molar-refractivity contribution in [2.45, 2.75) is 105 Å². The van der Waals surface area contributed by atoms with Crippen LogP contribution in [-0.2, 0) is 39.6 Å². The number of hydrogen-bond acceptors (Lipinski definition) is 0. The average Bonchev–Trinajstić information content (AvgIpc) is 3.75. The standard InChI is InChI=1S/C30H33.C22H25.2CH3.2ClH.Si.Zr/c1-20-16-24-18-23(21-8-12-25(13-9-21)29(2,3)4)19-28(27(24)17-20)22-10-14-26(15-11-22)30(5,6)7;1-15(2)18-13-17-7-6-8-20(21(17)14-18)16-9-11-19(12-10-16)22(3,4)5;;;;;;/h8-19H,1-7H3;6-15H,1-5H3;2*1H3;2*1H;;/q4*-1;;;;. The van der Waals surface area contributed by atoms with E-state index < -0.39 is 0 Å². The Hall–Kier alpha value is -3.00. The van der Waals surface area contributed by atoms with Gasteiger partial charge in [0.15, 0.2) is 0 Å². The van der Waals surface area contributed by atoms with Gasteiger partial charge in [-0.05, 0) is 55.5 Å². The molecule has 0 nitrogen and oxygen atoms in total. The van der Waals surface area contributed by atoms with Gasteiger partial charge in [0.1, 0.15) is 0 Å². The van der Waals surface area contributed by atoms with Crippen LogP contribution < -0.4 is 0 Å². The Morgan fingerprint density at radius 1 is 0.466 bits per heavy atom. The van der Waals surface area contributed by atoms with Gasteiger partial charge in [0, 0.05) is 0 Å². The molecule has 7 aromatic carbocycles. The summed E-state index contributed by atoms with van der Waals surface area (Å²) in [5.74, 6) is 0.573. The van der Waals surface area contributed by atoms with E-state index in [9.17, 15) is 0 Å². The van der Waals surface area contributed by atoms with Crippen LogP contribution in [0.5, 0.6) is 0 Å². The fraction of sp³-hybridized carbons (Fsp3) is 0.296. The molecule has 0 heterocycles. The van der Waals surface area contributed by atoms with E-state index >= 15 is 0 Å². The molecule has 2 radical (unpaired) electrons. The summed E-state index contributed by atoms with van der Waals surface area (Å²) in [6.07, 6.45) is 0. The molecule has 0 saturated heterocycles. The predicted octanol–water partition coefficient (Wildman–Crippen LogP) is 16.8. The fourth-order valence-electron chi connectivity index (χ4n) is 7.18. The maximum atomic E-state index is 3.06. The summed E-state index contributed by atoms with van der Waals surface area (Å²) in [5.41, 5.74) is 15.2. The zero-order valence-electron chi connectivity index (χ0n) is 37.5. The van der Waals surface area contributed by atoms with Crippen molar-refractivity contribution in [2.24, 2.45) is 0 Å².